The molecule has 20 heavy (non-hydrogen) atoms. The van der Waals surface area contributed by atoms with Gasteiger partial charge in [-0.15, -0.1) is 0 Å². The van der Waals surface area contributed by atoms with Gasteiger partial charge in [-0.2, -0.15) is 0 Å². The van der Waals surface area contributed by atoms with Gasteiger partial charge in [0.2, 0.25) is 0 Å². The van der Waals surface area contributed by atoms with Gasteiger partial charge in [-0.25, -0.2) is 14.4 Å². The van der Waals surface area contributed by atoms with E-state index in [1.807, 2.05) is 0 Å². The van der Waals surface area contributed by atoms with Crippen molar-refractivity contribution in [3.63, 3.8) is 0 Å². The molecule has 1 aliphatic rings. The number of methoxy groups -OCH3 is 2. The van der Waals surface area contributed by atoms with Crippen LogP contribution in [-0.2, 0) is 14.2 Å². The Kier molecular flexibility index (Phi) is 3.52. The van der Waals surface area contributed by atoms with Crippen LogP contribution in [0, 0.1) is 0 Å². The fourth-order valence-corrected chi connectivity index (χ4v) is 2.21. The van der Waals surface area contributed by atoms with Crippen LogP contribution in [0.25, 0.3) is 0 Å². The van der Waals surface area contributed by atoms with E-state index in [0.29, 0.717) is 0 Å². The minimum absolute atomic E-state index is 0.00495. The SMILES string of the molecule is COC(=O)c1cc2n(c1C(=O)OC)[C@@H](C)[C@H](C)OC2=O. The Labute approximate surface area is 115 Å². The second-order valence-corrected chi connectivity index (χ2v) is 4.50. The minimum atomic E-state index is -0.708. The molecule has 108 valence electrons. The topological polar surface area (TPSA) is 83.8 Å². The average Bonchev–Trinajstić information content (AvgIpc) is 2.84. The van der Waals surface area contributed by atoms with E-state index in [4.69, 9.17) is 9.47 Å². The Bertz CT molecular complexity index is 588. The lowest BCUT2D eigenvalue weighted by Gasteiger charge is -2.29. The summed E-state index contributed by atoms with van der Waals surface area (Å²) in [4.78, 5) is 35.6. The fraction of sp³-hybridized carbons (Fsp3) is 0.462. The molecule has 2 heterocycles. The summed E-state index contributed by atoms with van der Waals surface area (Å²) in [5.74, 6) is -2.00. The predicted octanol–water partition coefficient (Wildman–Crippen LogP) is 1.18. The molecule has 0 aromatic carbocycles. The number of cyclic esters (lactones) is 1. The molecule has 0 saturated heterocycles. The highest BCUT2D eigenvalue weighted by molar-refractivity contribution is 6.05. The Morgan fingerprint density at radius 3 is 2.35 bits per heavy atom. The maximum absolute atomic E-state index is 11.9. The Balaban J connectivity index is 2.71. The normalized spacial score (nSPS) is 20.9. The van der Waals surface area contributed by atoms with Gasteiger partial charge in [-0.1, -0.05) is 0 Å². The van der Waals surface area contributed by atoms with Gasteiger partial charge >= 0.3 is 17.9 Å². The highest BCUT2D eigenvalue weighted by Crippen LogP contribution is 2.30. The van der Waals surface area contributed by atoms with Crippen molar-refractivity contribution in [2.75, 3.05) is 14.2 Å². The number of rotatable bonds is 2. The fourth-order valence-electron chi connectivity index (χ4n) is 2.21. The number of ether oxygens (including phenoxy) is 3. The molecule has 0 N–H and O–H groups in total. The summed E-state index contributed by atoms with van der Waals surface area (Å²) in [6.45, 7) is 3.50. The minimum Gasteiger partial charge on any atom is -0.465 e. The van der Waals surface area contributed by atoms with Crippen LogP contribution in [-0.4, -0.2) is 42.8 Å². The van der Waals surface area contributed by atoms with E-state index in [1.165, 1.54) is 24.9 Å². The summed E-state index contributed by atoms with van der Waals surface area (Å²) < 4.78 is 16.0. The molecule has 0 amide bonds. The first-order valence-corrected chi connectivity index (χ1v) is 6.05. The molecule has 2 rings (SSSR count). The molecule has 7 nitrogen and oxygen atoms in total. The van der Waals surface area contributed by atoms with Gasteiger partial charge in [-0.3, -0.25) is 0 Å². The maximum Gasteiger partial charge on any atom is 0.355 e. The van der Waals surface area contributed by atoms with Crippen molar-refractivity contribution < 1.29 is 28.6 Å². The lowest BCUT2D eigenvalue weighted by Crippen LogP contribution is -2.35. The van der Waals surface area contributed by atoms with Crippen molar-refractivity contribution >= 4 is 17.9 Å². The summed E-state index contributed by atoms with van der Waals surface area (Å²) in [6, 6.07) is 0.998. The van der Waals surface area contributed by atoms with E-state index >= 15 is 0 Å². The van der Waals surface area contributed by atoms with E-state index in [0.717, 1.165) is 0 Å². The Hall–Kier alpha value is -2.31. The largest absolute Gasteiger partial charge is 0.465 e. The van der Waals surface area contributed by atoms with Crippen LogP contribution in [0.1, 0.15) is 51.2 Å². The lowest BCUT2D eigenvalue weighted by atomic mass is 10.1. The number of hydrogen-bond donors (Lipinski definition) is 0. The van der Waals surface area contributed by atoms with E-state index < -0.39 is 24.0 Å². The number of carbonyl (C=O) groups excluding carboxylic acids is 3. The second-order valence-electron chi connectivity index (χ2n) is 4.50. The summed E-state index contributed by atoms with van der Waals surface area (Å²) in [7, 11) is 2.41. The van der Waals surface area contributed by atoms with E-state index in [9.17, 15) is 14.4 Å². The molecule has 0 radical (unpaired) electrons. The zero-order chi connectivity index (χ0) is 15.0. The smallest absolute Gasteiger partial charge is 0.355 e. The molecule has 0 saturated carbocycles. The summed E-state index contributed by atoms with van der Waals surface area (Å²) in [5, 5.41) is 0. The van der Waals surface area contributed by atoms with Crippen LogP contribution >= 0.6 is 0 Å². The standard InChI is InChI=1S/C13H15NO6/c1-6-7(2)20-12(16)9-5-8(11(15)18-3)10(14(6)9)13(17)19-4/h5-7H,1-4H3/t6-,7-/m0/s1. The van der Waals surface area contributed by atoms with Crippen LogP contribution in [0.5, 0.6) is 0 Å². The van der Waals surface area contributed by atoms with Crippen molar-refractivity contribution in [1.82, 2.24) is 4.57 Å². The van der Waals surface area contributed by atoms with Gasteiger partial charge < -0.3 is 18.8 Å². The van der Waals surface area contributed by atoms with Crippen molar-refractivity contribution in [1.29, 1.82) is 0 Å². The number of nitrogens with zero attached hydrogens (tertiary/aromatic N) is 1. The third-order valence-electron chi connectivity index (χ3n) is 3.41. The first-order valence-electron chi connectivity index (χ1n) is 6.05. The van der Waals surface area contributed by atoms with Crippen molar-refractivity contribution in [3.8, 4) is 0 Å². The Morgan fingerprint density at radius 2 is 1.80 bits per heavy atom. The van der Waals surface area contributed by atoms with Crippen LogP contribution in [0.4, 0.5) is 0 Å². The number of carbonyl (C=O) groups is 3. The highest BCUT2D eigenvalue weighted by atomic mass is 16.5. The molecule has 0 bridgehead atoms. The zero-order valence-corrected chi connectivity index (χ0v) is 11.6. The van der Waals surface area contributed by atoms with Gasteiger partial charge in [0.25, 0.3) is 0 Å². The van der Waals surface area contributed by atoms with Gasteiger partial charge in [0, 0.05) is 0 Å². The monoisotopic (exact) mass is 281 g/mol. The highest BCUT2D eigenvalue weighted by Gasteiger charge is 2.37. The molecule has 0 aliphatic carbocycles. The quantitative estimate of drug-likeness (QED) is 0.598. The molecule has 7 heteroatoms. The third kappa shape index (κ3) is 1.95. The molecule has 1 aliphatic heterocycles. The van der Waals surface area contributed by atoms with Crippen LogP contribution < -0.4 is 0 Å². The second kappa shape index (κ2) is 4.99. The number of hydrogen-bond acceptors (Lipinski definition) is 6. The van der Waals surface area contributed by atoms with E-state index in [2.05, 4.69) is 4.74 Å². The van der Waals surface area contributed by atoms with Crippen LogP contribution in [0.2, 0.25) is 0 Å². The molecule has 1 aromatic heterocycles. The predicted molar refractivity (Wildman–Crippen MR) is 66.7 cm³/mol. The van der Waals surface area contributed by atoms with E-state index in [1.54, 1.807) is 13.8 Å². The van der Waals surface area contributed by atoms with Gasteiger partial charge in [-0.05, 0) is 19.9 Å². The number of aromatic nitrogens is 1. The summed E-state index contributed by atoms with van der Waals surface area (Å²) in [6.07, 6.45) is -0.420. The van der Waals surface area contributed by atoms with Crippen LogP contribution in [0.15, 0.2) is 6.07 Å². The Morgan fingerprint density at radius 1 is 1.20 bits per heavy atom. The molecule has 0 unspecified atom stereocenters. The first kappa shape index (κ1) is 14.1. The van der Waals surface area contributed by atoms with Crippen molar-refractivity contribution in [2.24, 2.45) is 0 Å². The molecule has 1 aromatic rings. The van der Waals surface area contributed by atoms with Crippen molar-refractivity contribution in [2.45, 2.75) is 26.0 Å². The molecule has 0 fully saturated rings. The number of esters is 3. The average molecular weight is 281 g/mol. The van der Waals surface area contributed by atoms with Gasteiger partial charge in [0.1, 0.15) is 17.5 Å². The van der Waals surface area contributed by atoms with Gasteiger partial charge in [0.05, 0.1) is 25.8 Å². The molecular formula is C13H15NO6. The third-order valence-corrected chi connectivity index (χ3v) is 3.41. The zero-order valence-electron chi connectivity index (χ0n) is 11.6. The molecular weight excluding hydrogens is 266 g/mol. The van der Waals surface area contributed by atoms with Crippen molar-refractivity contribution in [3.05, 3.63) is 23.0 Å². The lowest BCUT2D eigenvalue weighted by molar-refractivity contribution is 0.0106. The maximum atomic E-state index is 11.9. The van der Waals surface area contributed by atoms with E-state index in [-0.39, 0.29) is 23.0 Å². The van der Waals surface area contributed by atoms with Gasteiger partial charge in [0.15, 0.2) is 0 Å². The summed E-state index contributed by atoms with van der Waals surface area (Å²) in [5.41, 5.74) is 0.133. The first-order chi connectivity index (χ1) is 9.42. The molecule has 2 atom stereocenters. The molecule has 0 spiro atoms. The summed E-state index contributed by atoms with van der Waals surface area (Å²) >= 11 is 0. The van der Waals surface area contributed by atoms with Crippen LogP contribution in [0.3, 0.4) is 0 Å². The number of fused-ring (bicyclic) bond motifs is 1.